The van der Waals surface area contributed by atoms with Crippen molar-refractivity contribution in [2.24, 2.45) is 0 Å². The fourth-order valence-electron chi connectivity index (χ4n) is 2.15. The number of carbonyl (C=O) groups is 1. The molecule has 2 rings (SSSR count). The SMILES string of the molecule is COc1cc(N)ccc1NC(=O)C(C)SCC1CCCO1. The molecule has 116 valence electrons. The van der Waals surface area contributed by atoms with Crippen molar-refractivity contribution in [1.29, 1.82) is 0 Å². The summed E-state index contributed by atoms with van der Waals surface area (Å²) in [6, 6.07) is 5.19. The first kappa shape index (κ1) is 16.0. The molecule has 5 nitrogen and oxygen atoms in total. The highest BCUT2D eigenvalue weighted by atomic mass is 32.2. The Morgan fingerprint density at radius 1 is 1.62 bits per heavy atom. The molecule has 2 unspecified atom stereocenters. The predicted molar refractivity (Wildman–Crippen MR) is 86.9 cm³/mol. The van der Waals surface area contributed by atoms with E-state index < -0.39 is 0 Å². The number of hydrogen-bond donors (Lipinski definition) is 2. The van der Waals surface area contributed by atoms with Crippen LogP contribution in [0.1, 0.15) is 19.8 Å². The molecule has 0 spiro atoms. The standard InChI is InChI=1S/C15H22N2O3S/c1-10(21-9-12-4-3-7-20-12)15(18)17-13-6-5-11(16)8-14(13)19-2/h5-6,8,10,12H,3-4,7,9,16H2,1-2H3,(H,17,18). The minimum Gasteiger partial charge on any atom is -0.494 e. The number of carbonyl (C=O) groups excluding carboxylic acids is 1. The first-order chi connectivity index (χ1) is 10.1. The number of rotatable bonds is 6. The zero-order valence-electron chi connectivity index (χ0n) is 12.4. The normalized spacial score (nSPS) is 19.2. The van der Waals surface area contributed by atoms with E-state index >= 15 is 0 Å². The summed E-state index contributed by atoms with van der Waals surface area (Å²) in [5.74, 6) is 1.38. The molecule has 3 N–H and O–H groups in total. The summed E-state index contributed by atoms with van der Waals surface area (Å²) in [5, 5.41) is 2.74. The summed E-state index contributed by atoms with van der Waals surface area (Å²) >= 11 is 1.62. The van der Waals surface area contributed by atoms with Crippen molar-refractivity contribution in [2.45, 2.75) is 31.1 Å². The van der Waals surface area contributed by atoms with Gasteiger partial charge in [0, 0.05) is 24.1 Å². The van der Waals surface area contributed by atoms with Gasteiger partial charge in [-0.1, -0.05) is 0 Å². The lowest BCUT2D eigenvalue weighted by Gasteiger charge is -2.16. The molecule has 1 heterocycles. The van der Waals surface area contributed by atoms with Crippen molar-refractivity contribution in [3.05, 3.63) is 18.2 Å². The number of benzene rings is 1. The second-order valence-corrected chi connectivity index (χ2v) is 6.43. The fraction of sp³-hybridized carbons (Fsp3) is 0.533. The topological polar surface area (TPSA) is 73.6 Å². The lowest BCUT2D eigenvalue weighted by atomic mass is 10.2. The predicted octanol–water partition coefficient (Wildman–Crippen LogP) is 2.52. The second-order valence-electron chi connectivity index (χ2n) is 5.06. The third kappa shape index (κ3) is 4.54. The molecule has 0 aliphatic carbocycles. The molecule has 1 fully saturated rings. The van der Waals surface area contributed by atoms with Gasteiger partial charge >= 0.3 is 0 Å². The van der Waals surface area contributed by atoms with Crippen LogP contribution in [0.3, 0.4) is 0 Å². The number of methoxy groups -OCH3 is 1. The molecule has 21 heavy (non-hydrogen) atoms. The summed E-state index contributed by atoms with van der Waals surface area (Å²) in [6.45, 7) is 2.74. The van der Waals surface area contributed by atoms with E-state index in [-0.39, 0.29) is 17.3 Å². The van der Waals surface area contributed by atoms with Gasteiger partial charge in [-0.2, -0.15) is 0 Å². The van der Waals surface area contributed by atoms with E-state index in [1.807, 2.05) is 6.92 Å². The van der Waals surface area contributed by atoms with Crippen LogP contribution in [0.2, 0.25) is 0 Å². The van der Waals surface area contributed by atoms with Gasteiger partial charge in [0.2, 0.25) is 5.91 Å². The van der Waals surface area contributed by atoms with Crippen LogP contribution in [0.5, 0.6) is 5.75 Å². The third-order valence-corrected chi connectivity index (χ3v) is 4.69. The lowest BCUT2D eigenvalue weighted by molar-refractivity contribution is -0.115. The smallest absolute Gasteiger partial charge is 0.237 e. The van der Waals surface area contributed by atoms with E-state index in [2.05, 4.69) is 5.32 Å². The van der Waals surface area contributed by atoms with Crippen LogP contribution in [0.4, 0.5) is 11.4 Å². The number of nitrogen functional groups attached to an aromatic ring is 1. The number of ether oxygens (including phenoxy) is 2. The second kappa shape index (κ2) is 7.56. The molecule has 1 aliphatic rings. The third-order valence-electron chi connectivity index (χ3n) is 3.41. The van der Waals surface area contributed by atoms with Crippen molar-refractivity contribution in [3.8, 4) is 5.75 Å². The van der Waals surface area contributed by atoms with E-state index in [0.717, 1.165) is 25.2 Å². The van der Waals surface area contributed by atoms with Crippen LogP contribution in [-0.2, 0) is 9.53 Å². The molecular formula is C15H22N2O3S. The zero-order chi connectivity index (χ0) is 15.2. The van der Waals surface area contributed by atoms with Crippen molar-refractivity contribution >= 4 is 29.0 Å². The Bertz CT molecular complexity index is 490. The summed E-state index contributed by atoms with van der Waals surface area (Å²) in [4.78, 5) is 12.2. The Kier molecular flexibility index (Phi) is 5.76. The summed E-state index contributed by atoms with van der Waals surface area (Å²) in [5.41, 5.74) is 6.94. The first-order valence-corrected chi connectivity index (χ1v) is 8.12. The first-order valence-electron chi connectivity index (χ1n) is 7.07. The number of amides is 1. The number of thioether (sulfide) groups is 1. The van der Waals surface area contributed by atoms with E-state index in [1.54, 1.807) is 37.1 Å². The molecule has 0 bridgehead atoms. The fourth-order valence-corrected chi connectivity index (χ4v) is 3.13. The van der Waals surface area contributed by atoms with Gasteiger partial charge in [0.05, 0.1) is 24.2 Å². The van der Waals surface area contributed by atoms with Crippen molar-refractivity contribution < 1.29 is 14.3 Å². The highest BCUT2D eigenvalue weighted by Crippen LogP contribution is 2.28. The summed E-state index contributed by atoms with van der Waals surface area (Å²) in [7, 11) is 1.56. The minimum absolute atomic E-state index is 0.0407. The van der Waals surface area contributed by atoms with Crippen LogP contribution >= 0.6 is 11.8 Å². The van der Waals surface area contributed by atoms with Gasteiger partial charge in [-0.15, -0.1) is 11.8 Å². The van der Waals surface area contributed by atoms with E-state index in [4.69, 9.17) is 15.2 Å². The highest BCUT2D eigenvalue weighted by molar-refractivity contribution is 8.00. The maximum absolute atomic E-state index is 12.2. The molecule has 2 atom stereocenters. The summed E-state index contributed by atoms with van der Waals surface area (Å²) < 4.78 is 10.8. The van der Waals surface area contributed by atoms with Gasteiger partial charge in [0.25, 0.3) is 0 Å². The number of nitrogens with one attached hydrogen (secondary N) is 1. The van der Waals surface area contributed by atoms with Crippen LogP contribution in [0.25, 0.3) is 0 Å². The van der Waals surface area contributed by atoms with Crippen molar-refractivity contribution in [1.82, 2.24) is 0 Å². The largest absolute Gasteiger partial charge is 0.494 e. The Labute approximate surface area is 129 Å². The summed E-state index contributed by atoms with van der Waals surface area (Å²) in [6.07, 6.45) is 2.50. The average molecular weight is 310 g/mol. The van der Waals surface area contributed by atoms with Gasteiger partial charge in [0.15, 0.2) is 0 Å². The molecule has 1 aromatic rings. The molecule has 0 saturated carbocycles. The van der Waals surface area contributed by atoms with E-state index in [0.29, 0.717) is 17.1 Å². The molecule has 6 heteroatoms. The van der Waals surface area contributed by atoms with Crippen molar-refractivity contribution in [2.75, 3.05) is 30.5 Å². The number of anilines is 2. The van der Waals surface area contributed by atoms with E-state index in [1.165, 1.54) is 0 Å². The van der Waals surface area contributed by atoms with Crippen LogP contribution in [0.15, 0.2) is 18.2 Å². The van der Waals surface area contributed by atoms with Gasteiger partial charge in [0.1, 0.15) is 5.75 Å². The average Bonchev–Trinajstić information content (AvgIpc) is 2.99. The Balaban J connectivity index is 1.87. The molecule has 0 aromatic heterocycles. The van der Waals surface area contributed by atoms with Crippen LogP contribution < -0.4 is 15.8 Å². The van der Waals surface area contributed by atoms with Gasteiger partial charge < -0.3 is 20.5 Å². The maximum Gasteiger partial charge on any atom is 0.237 e. The van der Waals surface area contributed by atoms with Crippen LogP contribution in [-0.4, -0.2) is 36.7 Å². The monoisotopic (exact) mass is 310 g/mol. The molecule has 1 saturated heterocycles. The lowest BCUT2D eigenvalue weighted by Crippen LogP contribution is -2.24. The maximum atomic E-state index is 12.2. The van der Waals surface area contributed by atoms with Crippen molar-refractivity contribution in [3.63, 3.8) is 0 Å². The molecule has 0 radical (unpaired) electrons. The molecule has 1 amide bonds. The van der Waals surface area contributed by atoms with Gasteiger partial charge in [-0.25, -0.2) is 0 Å². The van der Waals surface area contributed by atoms with Gasteiger partial charge in [-0.3, -0.25) is 4.79 Å². The molecular weight excluding hydrogens is 288 g/mol. The number of hydrogen-bond acceptors (Lipinski definition) is 5. The molecule has 1 aromatic carbocycles. The minimum atomic E-state index is -0.142. The Morgan fingerprint density at radius 3 is 3.10 bits per heavy atom. The van der Waals surface area contributed by atoms with Crippen LogP contribution in [0, 0.1) is 0 Å². The Hall–Kier alpha value is -1.40. The zero-order valence-corrected chi connectivity index (χ0v) is 13.2. The van der Waals surface area contributed by atoms with Gasteiger partial charge in [-0.05, 0) is 31.9 Å². The quantitative estimate of drug-likeness (QED) is 0.790. The highest BCUT2D eigenvalue weighted by Gasteiger charge is 2.20. The molecule has 1 aliphatic heterocycles. The van der Waals surface area contributed by atoms with E-state index in [9.17, 15) is 4.79 Å². The Morgan fingerprint density at radius 2 is 2.43 bits per heavy atom. The number of nitrogens with two attached hydrogens (primary N) is 1.